The number of aromatic nitrogens is 1. The van der Waals surface area contributed by atoms with E-state index in [1.165, 1.54) is 12.1 Å². The van der Waals surface area contributed by atoms with Crippen molar-refractivity contribution in [3.8, 4) is 0 Å². The second-order valence-corrected chi connectivity index (χ2v) is 5.65. The second-order valence-electron chi connectivity index (χ2n) is 5.65. The SMILES string of the molecule is CN=C(NCCCNc1ccc(C(F)(F)F)cn1)NCc1ccccc1F.I. The van der Waals surface area contributed by atoms with Crippen LogP contribution in [0.4, 0.5) is 23.4 Å². The number of nitrogens with one attached hydrogen (secondary N) is 3. The van der Waals surface area contributed by atoms with Crippen LogP contribution in [0.1, 0.15) is 17.5 Å². The van der Waals surface area contributed by atoms with Crippen LogP contribution in [0.15, 0.2) is 47.6 Å². The molecule has 1 aromatic heterocycles. The van der Waals surface area contributed by atoms with Crippen molar-refractivity contribution in [2.75, 3.05) is 25.5 Å². The van der Waals surface area contributed by atoms with Crippen LogP contribution in [0.25, 0.3) is 0 Å². The van der Waals surface area contributed by atoms with E-state index in [1.54, 1.807) is 25.2 Å². The topological polar surface area (TPSA) is 61.3 Å². The number of benzene rings is 1. The van der Waals surface area contributed by atoms with Crippen molar-refractivity contribution in [3.05, 3.63) is 59.5 Å². The second kappa shape index (κ2) is 11.7. The summed E-state index contributed by atoms with van der Waals surface area (Å²) in [6, 6.07) is 8.76. The zero-order chi connectivity index (χ0) is 19.7. The van der Waals surface area contributed by atoms with Crippen molar-refractivity contribution in [2.24, 2.45) is 4.99 Å². The van der Waals surface area contributed by atoms with Gasteiger partial charge < -0.3 is 16.0 Å². The molecule has 1 aromatic carbocycles. The molecular weight excluding hydrogens is 489 g/mol. The van der Waals surface area contributed by atoms with Gasteiger partial charge in [0.15, 0.2) is 5.96 Å². The Balaban J connectivity index is 0.00000392. The summed E-state index contributed by atoms with van der Waals surface area (Å²) in [6.07, 6.45) is -2.90. The highest BCUT2D eigenvalue weighted by molar-refractivity contribution is 14.0. The van der Waals surface area contributed by atoms with Crippen molar-refractivity contribution in [1.82, 2.24) is 15.6 Å². The van der Waals surface area contributed by atoms with Crippen LogP contribution in [0.2, 0.25) is 0 Å². The molecule has 0 aliphatic heterocycles. The molecule has 0 bridgehead atoms. The Morgan fingerprint density at radius 3 is 2.43 bits per heavy atom. The first kappa shape index (κ1) is 23.9. The van der Waals surface area contributed by atoms with Crippen molar-refractivity contribution in [3.63, 3.8) is 0 Å². The minimum Gasteiger partial charge on any atom is -0.370 e. The first-order valence-electron chi connectivity index (χ1n) is 8.35. The smallest absolute Gasteiger partial charge is 0.370 e. The number of hydrogen-bond acceptors (Lipinski definition) is 3. The number of halogens is 5. The molecule has 3 N–H and O–H groups in total. The van der Waals surface area contributed by atoms with Gasteiger partial charge in [-0.3, -0.25) is 4.99 Å². The van der Waals surface area contributed by atoms with Crippen LogP contribution in [0.3, 0.4) is 0 Å². The third-order valence-corrected chi connectivity index (χ3v) is 3.67. The summed E-state index contributed by atoms with van der Waals surface area (Å²) in [4.78, 5) is 7.80. The van der Waals surface area contributed by atoms with Crippen molar-refractivity contribution in [2.45, 2.75) is 19.1 Å². The molecule has 10 heteroatoms. The molecule has 0 unspecified atom stereocenters. The number of anilines is 1. The number of alkyl halides is 3. The predicted octanol–water partition coefficient (Wildman–Crippen LogP) is 4.02. The van der Waals surface area contributed by atoms with Gasteiger partial charge in [-0.15, -0.1) is 24.0 Å². The summed E-state index contributed by atoms with van der Waals surface area (Å²) in [5.74, 6) is 0.629. The molecule has 2 rings (SSSR count). The maximum absolute atomic E-state index is 13.6. The molecule has 0 saturated heterocycles. The molecular formula is C18H22F4IN5. The first-order valence-corrected chi connectivity index (χ1v) is 8.35. The Morgan fingerprint density at radius 2 is 1.82 bits per heavy atom. The van der Waals surface area contributed by atoms with Gasteiger partial charge in [0, 0.05) is 38.4 Å². The number of aliphatic imine (C=N–C) groups is 1. The minimum atomic E-state index is -4.39. The van der Waals surface area contributed by atoms with Crippen LogP contribution >= 0.6 is 24.0 Å². The molecule has 1 heterocycles. The molecule has 154 valence electrons. The molecule has 0 aliphatic rings. The largest absolute Gasteiger partial charge is 0.417 e. The minimum absolute atomic E-state index is 0. The highest BCUT2D eigenvalue weighted by Gasteiger charge is 2.30. The third-order valence-electron chi connectivity index (χ3n) is 3.67. The quantitative estimate of drug-likeness (QED) is 0.173. The highest BCUT2D eigenvalue weighted by Crippen LogP contribution is 2.28. The van der Waals surface area contributed by atoms with Gasteiger partial charge >= 0.3 is 6.18 Å². The Kier molecular flexibility index (Phi) is 9.97. The lowest BCUT2D eigenvalue weighted by molar-refractivity contribution is -0.137. The Morgan fingerprint density at radius 1 is 1.07 bits per heavy atom. The highest BCUT2D eigenvalue weighted by atomic mass is 127. The maximum Gasteiger partial charge on any atom is 0.417 e. The van der Waals surface area contributed by atoms with E-state index in [1.807, 2.05) is 0 Å². The molecule has 0 saturated carbocycles. The van der Waals surface area contributed by atoms with Crippen LogP contribution in [0, 0.1) is 5.82 Å². The fourth-order valence-electron chi connectivity index (χ4n) is 2.22. The monoisotopic (exact) mass is 511 g/mol. The van der Waals surface area contributed by atoms with Gasteiger partial charge in [0.1, 0.15) is 11.6 Å². The number of hydrogen-bond donors (Lipinski definition) is 3. The van der Waals surface area contributed by atoms with Crippen molar-refractivity contribution in [1.29, 1.82) is 0 Å². The van der Waals surface area contributed by atoms with Crippen molar-refractivity contribution >= 4 is 35.8 Å². The fourth-order valence-corrected chi connectivity index (χ4v) is 2.22. The van der Waals surface area contributed by atoms with Gasteiger partial charge in [-0.05, 0) is 24.6 Å². The van der Waals surface area contributed by atoms with Crippen LogP contribution in [-0.2, 0) is 12.7 Å². The molecule has 0 amide bonds. The molecule has 2 aromatic rings. The standard InChI is InChI=1S/C18H21F4N5.HI/c1-23-17(27-11-13-5-2-3-6-15(13)19)25-10-4-9-24-16-8-7-14(12-26-16)18(20,21)22;/h2-3,5-8,12H,4,9-11H2,1H3,(H,24,26)(H2,23,25,27);1H. The summed E-state index contributed by atoms with van der Waals surface area (Å²) in [7, 11) is 1.61. The first-order chi connectivity index (χ1) is 12.9. The van der Waals surface area contributed by atoms with Gasteiger partial charge in [0.05, 0.1) is 5.56 Å². The van der Waals surface area contributed by atoms with Crippen LogP contribution in [0.5, 0.6) is 0 Å². The number of pyridine rings is 1. The van der Waals surface area contributed by atoms with E-state index in [4.69, 9.17) is 0 Å². The molecule has 5 nitrogen and oxygen atoms in total. The van der Waals surface area contributed by atoms with Gasteiger partial charge in [0.25, 0.3) is 0 Å². The molecule has 0 aliphatic carbocycles. The van der Waals surface area contributed by atoms with Gasteiger partial charge in [0.2, 0.25) is 0 Å². The normalized spacial score (nSPS) is 11.5. The van der Waals surface area contributed by atoms with E-state index < -0.39 is 11.7 Å². The number of guanidine groups is 1. The van der Waals surface area contributed by atoms with E-state index in [0.29, 0.717) is 43.4 Å². The third kappa shape index (κ3) is 7.87. The van der Waals surface area contributed by atoms with E-state index in [0.717, 1.165) is 12.3 Å². The lowest BCUT2D eigenvalue weighted by Gasteiger charge is -2.13. The van der Waals surface area contributed by atoms with E-state index in [-0.39, 0.29) is 29.8 Å². The summed E-state index contributed by atoms with van der Waals surface area (Å²) in [6.45, 7) is 1.40. The molecule has 0 atom stereocenters. The summed E-state index contributed by atoms with van der Waals surface area (Å²) >= 11 is 0. The number of rotatable bonds is 7. The zero-order valence-electron chi connectivity index (χ0n) is 15.2. The zero-order valence-corrected chi connectivity index (χ0v) is 17.5. The Labute approximate surface area is 178 Å². The lowest BCUT2D eigenvalue weighted by Crippen LogP contribution is -2.37. The summed E-state index contributed by atoms with van der Waals surface area (Å²) in [5.41, 5.74) is -0.241. The summed E-state index contributed by atoms with van der Waals surface area (Å²) in [5, 5.41) is 9.05. The van der Waals surface area contributed by atoms with Crippen molar-refractivity contribution < 1.29 is 17.6 Å². The predicted molar refractivity (Wildman–Crippen MR) is 112 cm³/mol. The lowest BCUT2D eigenvalue weighted by atomic mass is 10.2. The van der Waals surface area contributed by atoms with Gasteiger partial charge in [-0.2, -0.15) is 13.2 Å². The van der Waals surface area contributed by atoms with E-state index in [2.05, 4.69) is 25.9 Å². The molecule has 0 radical (unpaired) electrons. The Bertz CT molecular complexity index is 750. The average Bonchev–Trinajstić information content (AvgIpc) is 2.65. The van der Waals surface area contributed by atoms with E-state index in [9.17, 15) is 17.6 Å². The van der Waals surface area contributed by atoms with Gasteiger partial charge in [-0.1, -0.05) is 18.2 Å². The Hall–Kier alpha value is -2.11. The number of nitrogens with zero attached hydrogens (tertiary/aromatic N) is 2. The molecule has 28 heavy (non-hydrogen) atoms. The van der Waals surface area contributed by atoms with Gasteiger partial charge in [-0.25, -0.2) is 9.37 Å². The maximum atomic E-state index is 13.6. The molecule has 0 spiro atoms. The summed E-state index contributed by atoms with van der Waals surface area (Å²) < 4.78 is 51.0. The average molecular weight is 511 g/mol. The fraction of sp³-hybridized carbons (Fsp3) is 0.333. The van der Waals surface area contributed by atoms with Crippen LogP contribution < -0.4 is 16.0 Å². The van der Waals surface area contributed by atoms with Crippen LogP contribution in [-0.4, -0.2) is 31.1 Å². The van der Waals surface area contributed by atoms with E-state index >= 15 is 0 Å². The molecule has 0 fully saturated rings.